The van der Waals surface area contributed by atoms with Crippen LogP contribution < -0.4 is 10.9 Å². The normalized spacial score (nSPS) is 12.8. The molecular weight excluding hydrogens is 407 g/mol. The highest BCUT2D eigenvalue weighted by Crippen LogP contribution is 2.29. The molecule has 1 unspecified atom stereocenters. The van der Waals surface area contributed by atoms with Gasteiger partial charge in [0.15, 0.2) is 0 Å². The molecule has 3 aromatic rings. The number of nitrogens with one attached hydrogen (secondary N) is 1. The van der Waals surface area contributed by atoms with Crippen LogP contribution in [0.5, 0.6) is 0 Å². The zero-order valence-corrected chi connectivity index (χ0v) is 18.0. The summed E-state index contributed by atoms with van der Waals surface area (Å²) in [5.41, 5.74) is 1.27. The lowest BCUT2D eigenvalue weighted by atomic mass is 10.1. The first-order chi connectivity index (χ1) is 14.4. The van der Waals surface area contributed by atoms with Crippen molar-refractivity contribution in [3.8, 4) is 0 Å². The first-order valence-corrected chi connectivity index (χ1v) is 9.92. The average Bonchev–Trinajstić information content (AvgIpc) is 2.66. The molecule has 3 rings (SSSR count). The van der Waals surface area contributed by atoms with Crippen LogP contribution in [0.25, 0.3) is 11.0 Å². The van der Waals surface area contributed by atoms with E-state index in [1.807, 2.05) is 26.0 Å². The van der Waals surface area contributed by atoms with E-state index in [9.17, 15) is 22.8 Å². The predicted octanol–water partition coefficient (Wildman–Crippen LogP) is 5.24. The molecule has 1 aromatic heterocycles. The summed E-state index contributed by atoms with van der Waals surface area (Å²) in [5, 5.41) is 2.76. The standard InChI is InChI=1S/C23H24F3N3O2/c1-6-18(21(30)28-16-8-7-12(2)9-15(16)5)29-19-11-14(4)13(3)10-17(19)27-20(22(29)31)23(24,25)26/h7-11,18H,6H2,1-5H3,(H,28,30). The molecule has 0 fully saturated rings. The molecule has 5 nitrogen and oxygen atoms in total. The number of hydrogen-bond acceptors (Lipinski definition) is 3. The van der Waals surface area contributed by atoms with Gasteiger partial charge >= 0.3 is 6.18 Å². The predicted molar refractivity (Wildman–Crippen MR) is 114 cm³/mol. The minimum atomic E-state index is -4.94. The number of halogens is 3. The topological polar surface area (TPSA) is 64.0 Å². The number of anilines is 1. The second-order valence-electron chi connectivity index (χ2n) is 7.79. The van der Waals surface area contributed by atoms with Crippen molar-refractivity contribution in [3.05, 3.63) is 68.6 Å². The van der Waals surface area contributed by atoms with E-state index in [0.29, 0.717) is 5.69 Å². The Hall–Kier alpha value is -3.16. The van der Waals surface area contributed by atoms with E-state index in [1.165, 1.54) is 6.07 Å². The van der Waals surface area contributed by atoms with Gasteiger partial charge in [0.25, 0.3) is 5.56 Å². The third-order valence-corrected chi connectivity index (χ3v) is 5.41. The molecule has 8 heteroatoms. The second kappa shape index (κ2) is 8.17. The van der Waals surface area contributed by atoms with Crippen LogP contribution in [0.2, 0.25) is 0 Å². The Morgan fingerprint density at radius 1 is 1.06 bits per heavy atom. The number of carbonyl (C=O) groups is 1. The molecule has 0 aliphatic heterocycles. The quantitative estimate of drug-likeness (QED) is 0.615. The number of benzene rings is 2. The van der Waals surface area contributed by atoms with Gasteiger partial charge in [-0.3, -0.25) is 14.2 Å². The highest BCUT2D eigenvalue weighted by Gasteiger charge is 2.38. The Morgan fingerprint density at radius 3 is 2.29 bits per heavy atom. The maximum absolute atomic E-state index is 13.6. The minimum Gasteiger partial charge on any atom is -0.324 e. The molecule has 2 aromatic carbocycles. The van der Waals surface area contributed by atoms with Crippen LogP contribution in [0.15, 0.2) is 35.1 Å². The zero-order valence-electron chi connectivity index (χ0n) is 18.0. The molecular formula is C23H24F3N3O2. The Balaban J connectivity index is 2.22. The summed E-state index contributed by atoms with van der Waals surface area (Å²) < 4.78 is 41.6. The average molecular weight is 431 g/mol. The molecule has 0 radical (unpaired) electrons. The van der Waals surface area contributed by atoms with Crippen molar-refractivity contribution in [3.63, 3.8) is 0 Å². The number of rotatable bonds is 4. The maximum Gasteiger partial charge on any atom is 0.438 e. The summed E-state index contributed by atoms with van der Waals surface area (Å²) in [6.07, 6.45) is -4.81. The van der Waals surface area contributed by atoms with Gasteiger partial charge < -0.3 is 5.32 Å². The SMILES string of the molecule is CCC(C(=O)Nc1ccc(C)cc1C)n1c(=O)c(C(F)(F)F)nc2cc(C)c(C)cc21. The maximum atomic E-state index is 13.6. The fraction of sp³-hybridized carbons (Fsp3) is 0.348. The number of fused-ring (bicyclic) bond motifs is 1. The van der Waals surface area contributed by atoms with Crippen molar-refractivity contribution in [2.45, 2.75) is 53.3 Å². The van der Waals surface area contributed by atoms with E-state index >= 15 is 0 Å². The summed E-state index contributed by atoms with van der Waals surface area (Å²) in [6.45, 7) is 8.94. The molecule has 1 amide bonds. The van der Waals surface area contributed by atoms with Gasteiger partial charge in [0.05, 0.1) is 11.0 Å². The van der Waals surface area contributed by atoms with Crippen LogP contribution in [0, 0.1) is 27.7 Å². The first kappa shape index (κ1) is 22.5. The number of amides is 1. The molecule has 164 valence electrons. The molecule has 0 saturated heterocycles. The lowest BCUT2D eigenvalue weighted by molar-refractivity contribution is -0.142. The van der Waals surface area contributed by atoms with Gasteiger partial charge in [-0.2, -0.15) is 13.2 Å². The van der Waals surface area contributed by atoms with Gasteiger partial charge in [0.1, 0.15) is 6.04 Å². The molecule has 0 spiro atoms. The summed E-state index contributed by atoms with van der Waals surface area (Å²) in [6, 6.07) is 7.42. The van der Waals surface area contributed by atoms with Crippen molar-refractivity contribution >= 4 is 22.6 Å². The zero-order chi connectivity index (χ0) is 23.1. The number of aryl methyl sites for hydroxylation is 4. The summed E-state index contributed by atoms with van der Waals surface area (Å²) in [4.78, 5) is 29.6. The Bertz CT molecular complexity index is 1230. The third-order valence-electron chi connectivity index (χ3n) is 5.41. The smallest absolute Gasteiger partial charge is 0.324 e. The third kappa shape index (κ3) is 4.33. The van der Waals surface area contributed by atoms with E-state index in [2.05, 4.69) is 10.3 Å². The van der Waals surface area contributed by atoms with Gasteiger partial charge in [-0.25, -0.2) is 4.98 Å². The van der Waals surface area contributed by atoms with Crippen molar-refractivity contribution in [2.75, 3.05) is 5.32 Å². The van der Waals surface area contributed by atoms with E-state index < -0.39 is 29.4 Å². The van der Waals surface area contributed by atoms with Crippen LogP contribution in [-0.2, 0) is 11.0 Å². The van der Waals surface area contributed by atoms with Crippen molar-refractivity contribution in [2.24, 2.45) is 0 Å². The van der Waals surface area contributed by atoms with Gasteiger partial charge in [0, 0.05) is 5.69 Å². The minimum absolute atomic E-state index is 0.0211. The number of nitrogens with zero attached hydrogens (tertiary/aromatic N) is 2. The largest absolute Gasteiger partial charge is 0.438 e. The van der Waals surface area contributed by atoms with Crippen LogP contribution in [-0.4, -0.2) is 15.5 Å². The van der Waals surface area contributed by atoms with Gasteiger partial charge in [-0.15, -0.1) is 0 Å². The molecule has 31 heavy (non-hydrogen) atoms. The highest BCUT2D eigenvalue weighted by molar-refractivity contribution is 5.95. The monoisotopic (exact) mass is 431 g/mol. The van der Waals surface area contributed by atoms with Crippen LogP contribution in [0.1, 0.15) is 47.3 Å². The van der Waals surface area contributed by atoms with E-state index in [4.69, 9.17) is 0 Å². The molecule has 1 atom stereocenters. The summed E-state index contributed by atoms with van der Waals surface area (Å²) in [5.74, 6) is -0.560. The van der Waals surface area contributed by atoms with Crippen molar-refractivity contribution < 1.29 is 18.0 Å². The van der Waals surface area contributed by atoms with E-state index in [1.54, 1.807) is 32.9 Å². The Kier molecular flexibility index (Phi) is 5.93. The molecule has 0 bridgehead atoms. The highest BCUT2D eigenvalue weighted by atomic mass is 19.4. The fourth-order valence-electron chi connectivity index (χ4n) is 3.61. The molecule has 0 saturated carbocycles. The number of hydrogen-bond donors (Lipinski definition) is 1. The second-order valence-corrected chi connectivity index (χ2v) is 7.79. The Morgan fingerprint density at radius 2 is 1.71 bits per heavy atom. The Labute approximate surface area is 177 Å². The molecule has 1 heterocycles. The van der Waals surface area contributed by atoms with Crippen molar-refractivity contribution in [1.29, 1.82) is 0 Å². The van der Waals surface area contributed by atoms with Crippen LogP contribution in [0.3, 0.4) is 0 Å². The fourth-order valence-corrected chi connectivity index (χ4v) is 3.61. The van der Waals surface area contributed by atoms with Crippen LogP contribution in [0.4, 0.5) is 18.9 Å². The lowest BCUT2D eigenvalue weighted by Crippen LogP contribution is -2.37. The molecule has 0 aliphatic rings. The van der Waals surface area contributed by atoms with Gasteiger partial charge in [-0.1, -0.05) is 24.6 Å². The summed E-state index contributed by atoms with van der Waals surface area (Å²) >= 11 is 0. The number of carbonyl (C=O) groups excluding carboxylic acids is 1. The van der Waals surface area contributed by atoms with Crippen LogP contribution >= 0.6 is 0 Å². The number of aromatic nitrogens is 2. The van der Waals surface area contributed by atoms with Gasteiger partial charge in [0.2, 0.25) is 11.6 Å². The molecule has 1 N–H and O–H groups in total. The van der Waals surface area contributed by atoms with E-state index in [-0.39, 0.29) is 17.5 Å². The number of alkyl halides is 3. The lowest BCUT2D eigenvalue weighted by Gasteiger charge is -2.22. The summed E-state index contributed by atoms with van der Waals surface area (Å²) in [7, 11) is 0. The van der Waals surface area contributed by atoms with Crippen molar-refractivity contribution in [1.82, 2.24) is 9.55 Å². The van der Waals surface area contributed by atoms with Gasteiger partial charge in [-0.05, 0) is 69.0 Å². The van der Waals surface area contributed by atoms with E-state index in [0.717, 1.165) is 26.8 Å². The molecule has 0 aliphatic carbocycles. The first-order valence-electron chi connectivity index (χ1n) is 9.92.